The van der Waals surface area contributed by atoms with Crippen LogP contribution < -0.4 is 5.32 Å². The van der Waals surface area contributed by atoms with Crippen molar-refractivity contribution < 1.29 is 9.22 Å². The summed E-state index contributed by atoms with van der Waals surface area (Å²) in [6.45, 7) is 13.3. The van der Waals surface area contributed by atoms with Crippen molar-refractivity contribution in [2.75, 3.05) is 0 Å². The van der Waals surface area contributed by atoms with Gasteiger partial charge in [-0.2, -0.15) is 0 Å². The average Bonchev–Trinajstić information content (AvgIpc) is 2.34. The van der Waals surface area contributed by atoms with Gasteiger partial charge in [0.15, 0.2) is 8.32 Å². The van der Waals surface area contributed by atoms with Crippen LogP contribution in [0.3, 0.4) is 0 Å². The summed E-state index contributed by atoms with van der Waals surface area (Å²) in [5.41, 5.74) is 0. The molecule has 0 saturated carbocycles. The second-order valence-electron chi connectivity index (χ2n) is 8.17. The standard InChI is InChI=1S/C17H31NO2Si/c1-12(20-21(5,6)17(2,3)4)14-15(18-16(14)19)13-10-8-7-9-11-13/h8,10,12-15H,7,9,11H2,1-6H3,(H,18,19)/t12-,13?,14-,15-/m1/s1. The van der Waals surface area contributed by atoms with Gasteiger partial charge in [-0.25, -0.2) is 0 Å². The number of nitrogens with one attached hydrogen (secondary N) is 1. The molecule has 3 nitrogen and oxygen atoms in total. The molecule has 0 aromatic heterocycles. The smallest absolute Gasteiger partial charge is 0.228 e. The van der Waals surface area contributed by atoms with E-state index in [9.17, 15) is 4.79 Å². The Kier molecular flexibility index (Phi) is 4.69. The molecule has 0 aromatic carbocycles. The number of rotatable bonds is 4. The summed E-state index contributed by atoms with van der Waals surface area (Å²) >= 11 is 0. The van der Waals surface area contributed by atoms with Crippen LogP contribution in [0.25, 0.3) is 0 Å². The first-order valence-corrected chi connectivity index (χ1v) is 11.2. The molecule has 1 amide bonds. The lowest BCUT2D eigenvalue weighted by Gasteiger charge is -2.47. The number of amides is 1. The maximum atomic E-state index is 12.1. The Morgan fingerprint density at radius 2 is 2.05 bits per heavy atom. The van der Waals surface area contributed by atoms with Crippen molar-refractivity contribution in [2.45, 2.75) is 77.2 Å². The minimum Gasteiger partial charge on any atom is -0.413 e. The molecule has 1 fully saturated rings. The highest BCUT2D eigenvalue weighted by Crippen LogP contribution is 2.40. The Bertz CT molecular complexity index is 425. The van der Waals surface area contributed by atoms with Crippen molar-refractivity contribution in [3.05, 3.63) is 12.2 Å². The molecule has 120 valence electrons. The Hall–Kier alpha value is -0.613. The Balaban J connectivity index is 2.03. The monoisotopic (exact) mass is 309 g/mol. The molecule has 2 rings (SSSR count). The van der Waals surface area contributed by atoms with Gasteiger partial charge in [-0.1, -0.05) is 32.9 Å². The fourth-order valence-corrected chi connectivity index (χ4v) is 4.58. The van der Waals surface area contributed by atoms with Gasteiger partial charge in [0.25, 0.3) is 0 Å². The number of hydrogen-bond acceptors (Lipinski definition) is 2. The predicted molar refractivity (Wildman–Crippen MR) is 89.6 cm³/mol. The van der Waals surface area contributed by atoms with Crippen LogP contribution in [-0.2, 0) is 9.22 Å². The normalized spacial score (nSPS) is 31.5. The molecule has 0 bridgehead atoms. The molecule has 2 aliphatic rings. The highest BCUT2D eigenvalue weighted by atomic mass is 28.4. The summed E-state index contributed by atoms with van der Waals surface area (Å²) in [5, 5.41) is 3.30. The zero-order valence-corrected chi connectivity index (χ0v) is 15.4. The van der Waals surface area contributed by atoms with E-state index >= 15 is 0 Å². The third-order valence-electron chi connectivity index (χ3n) is 5.54. The number of carbonyl (C=O) groups is 1. The van der Waals surface area contributed by atoms with E-state index in [0.717, 1.165) is 0 Å². The third kappa shape index (κ3) is 3.42. The summed E-state index contributed by atoms with van der Waals surface area (Å²) in [6.07, 6.45) is 8.16. The highest BCUT2D eigenvalue weighted by Gasteiger charge is 2.49. The fourth-order valence-electron chi connectivity index (χ4n) is 3.15. The van der Waals surface area contributed by atoms with Crippen molar-refractivity contribution >= 4 is 14.2 Å². The van der Waals surface area contributed by atoms with Crippen LogP contribution in [0.5, 0.6) is 0 Å². The molecule has 0 aromatic rings. The Morgan fingerprint density at radius 1 is 1.38 bits per heavy atom. The average molecular weight is 310 g/mol. The molecular formula is C17H31NO2Si. The van der Waals surface area contributed by atoms with Gasteiger partial charge in [0, 0.05) is 6.04 Å². The molecule has 1 saturated heterocycles. The van der Waals surface area contributed by atoms with Gasteiger partial charge in [-0.05, 0) is 50.2 Å². The molecule has 4 atom stereocenters. The molecule has 1 unspecified atom stereocenters. The lowest BCUT2D eigenvalue weighted by atomic mass is 9.75. The van der Waals surface area contributed by atoms with Gasteiger partial charge in [0.2, 0.25) is 5.91 Å². The van der Waals surface area contributed by atoms with E-state index in [-0.39, 0.29) is 29.0 Å². The Morgan fingerprint density at radius 3 is 2.52 bits per heavy atom. The molecule has 0 spiro atoms. The zero-order chi connectivity index (χ0) is 15.8. The number of β-lactam (4-membered cyclic amide) rings is 1. The van der Waals surface area contributed by atoms with Crippen molar-refractivity contribution in [1.82, 2.24) is 5.32 Å². The summed E-state index contributed by atoms with van der Waals surface area (Å²) < 4.78 is 6.45. The fraction of sp³-hybridized carbons (Fsp3) is 0.824. The van der Waals surface area contributed by atoms with Crippen molar-refractivity contribution in [1.29, 1.82) is 0 Å². The summed E-state index contributed by atoms with van der Waals surface area (Å²) in [6, 6.07) is 0.272. The molecule has 1 aliphatic carbocycles. The predicted octanol–water partition coefficient (Wildman–Crippen LogP) is 3.87. The summed E-state index contributed by atoms with van der Waals surface area (Å²) in [4.78, 5) is 12.1. The summed E-state index contributed by atoms with van der Waals surface area (Å²) in [5.74, 6) is 0.684. The van der Waals surface area contributed by atoms with Gasteiger partial charge in [-0.15, -0.1) is 0 Å². The van der Waals surface area contributed by atoms with Crippen molar-refractivity contribution in [2.24, 2.45) is 11.8 Å². The lowest BCUT2D eigenvalue weighted by Crippen LogP contribution is -2.66. The minimum absolute atomic E-state index is 0.0139. The van der Waals surface area contributed by atoms with Gasteiger partial charge >= 0.3 is 0 Å². The highest BCUT2D eigenvalue weighted by molar-refractivity contribution is 6.74. The second-order valence-corrected chi connectivity index (χ2v) is 12.9. The molecule has 1 N–H and O–H groups in total. The topological polar surface area (TPSA) is 38.3 Å². The second kappa shape index (κ2) is 5.88. The maximum Gasteiger partial charge on any atom is 0.228 e. The van der Waals surface area contributed by atoms with Crippen LogP contribution >= 0.6 is 0 Å². The lowest BCUT2D eigenvalue weighted by molar-refractivity contribution is -0.141. The first kappa shape index (κ1) is 16.8. The quantitative estimate of drug-likeness (QED) is 0.486. The largest absolute Gasteiger partial charge is 0.413 e. The number of carbonyl (C=O) groups excluding carboxylic acids is 1. The minimum atomic E-state index is -1.82. The van der Waals surface area contributed by atoms with Crippen LogP contribution in [0.15, 0.2) is 12.2 Å². The maximum absolute atomic E-state index is 12.1. The van der Waals surface area contributed by atoms with E-state index in [0.29, 0.717) is 5.92 Å². The molecule has 1 aliphatic heterocycles. The van der Waals surface area contributed by atoms with Crippen molar-refractivity contribution in [3.8, 4) is 0 Å². The van der Waals surface area contributed by atoms with Gasteiger partial charge < -0.3 is 9.74 Å². The zero-order valence-electron chi connectivity index (χ0n) is 14.4. The third-order valence-corrected chi connectivity index (χ3v) is 10.1. The first-order valence-electron chi connectivity index (χ1n) is 8.28. The molecule has 1 heterocycles. The van der Waals surface area contributed by atoms with Gasteiger partial charge in [0.1, 0.15) is 0 Å². The van der Waals surface area contributed by atoms with Gasteiger partial charge in [-0.3, -0.25) is 4.79 Å². The van der Waals surface area contributed by atoms with Gasteiger partial charge in [0.05, 0.1) is 12.0 Å². The molecule has 0 radical (unpaired) electrons. The van der Waals surface area contributed by atoms with Crippen LogP contribution in [0, 0.1) is 11.8 Å². The van der Waals surface area contributed by atoms with E-state index in [4.69, 9.17) is 4.43 Å². The van der Waals surface area contributed by atoms with Crippen molar-refractivity contribution in [3.63, 3.8) is 0 Å². The molecular weight excluding hydrogens is 278 g/mol. The number of allylic oxidation sites excluding steroid dienone is 1. The SMILES string of the molecule is C[C@@H](O[Si](C)(C)C(C)(C)C)[C@H]1C(=O)N[C@@H]1C1C=CCCC1. The van der Waals surface area contributed by atoms with E-state index in [1.165, 1.54) is 19.3 Å². The van der Waals surface area contributed by atoms with E-state index in [2.05, 4.69) is 58.3 Å². The molecule has 4 heteroatoms. The van der Waals surface area contributed by atoms with Crippen LogP contribution in [0.1, 0.15) is 47.0 Å². The van der Waals surface area contributed by atoms with E-state index in [1.807, 2.05) is 0 Å². The summed E-state index contributed by atoms with van der Waals surface area (Å²) in [7, 11) is -1.82. The van der Waals surface area contributed by atoms with Crippen LogP contribution in [-0.4, -0.2) is 26.4 Å². The Labute approximate surface area is 130 Å². The number of hydrogen-bond donors (Lipinski definition) is 1. The van der Waals surface area contributed by atoms with Crippen LogP contribution in [0.4, 0.5) is 0 Å². The first-order chi connectivity index (χ1) is 9.63. The van der Waals surface area contributed by atoms with E-state index in [1.54, 1.807) is 0 Å². The van der Waals surface area contributed by atoms with Crippen LogP contribution in [0.2, 0.25) is 18.1 Å². The van der Waals surface area contributed by atoms with E-state index < -0.39 is 8.32 Å². The molecule has 21 heavy (non-hydrogen) atoms.